The van der Waals surface area contributed by atoms with Crippen LogP contribution in [0.15, 0.2) is 11.7 Å². The molecule has 1 aromatic heterocycles. The SMILES string of the molecule is O=C(Cc1cncs1)CC1CCC1. The second-order valence-corrected chi connectivity index (χ2v) is 4.66. The van der Waals surface area contributed by atoms with Gasteiger partial charge in [-0.3, -0.25) is 9.78 Å². The monoisotopic (exact) mass is 195 g/mol. The molecule has 0 aromatic carbocycles. The molecule has 1 aliphatic carbocycles. The molecule has 1 aromatic rings. The fourth-order valence-electron chi connectivity index (χ4n) is 1.61. The van der Waals surface area contributed by atoms with Gasteiger partial charge in [-0.2, -0.15) is 0 Å². The van der Waals surface area contributed by atoms with E-state index in [4.69, 9.17) is 0 Å². The van der Waals surface area contributed by atoms with E-state index >= 15 is 0 Å². The third-order valence-corrected chi connectivity index (χ3v) is 3.38. The van der Waals surface area contributed by atoms with Gasteiger partial charge in [-0.05, 0) is 5.92 Å². The summed E-state index contributed by atoms with van der Waals surface area (Å²) < 4.78 is 0. The number of nitrogens with zero attached hydrogens (tertiary/aromatic N) is 1. The molecule has 1 aliphatic rings. The minimum absolute atomic E-state index is 0.383. The van der Waals surface area contributed by atoms with Crippen LogP contribution in [-0.2, 0) is 11.2 Å². The van der Waals surface area contributed by atoms with Crippen LogP contribution in [-0.4, -0.2) is 10.8 Å². The quantitative estimate of drug-likeness (QED) is 0.738. The summed E-state index contributed by atoms with van der Waals surface area (Å²) in [5.41, 5.74) is 1.78. The Labute approximate surface area is 82.0 Å². The van der Waals surface area contributed by atoms with Crippen LogP contribution in [0.25, 0.3) is 0 Å². The first-order valence-corrected chi connectivity index (χ1v) is 5.61. The molecule has 0 unspecified atom stereocenters. The van der Waals surface area contributed by atoms with Crippen molar-refractivity contribution in [1.82, 2.24) is 4.98 Å². The predicted octanol–water partition coefficient (Wildman–Crippen LogP) is 2.44. The summed E-state index contributed by atoms with van der Waals surface area (Å²) in [6, 6.07) is 0. The van der Waals surface area contributed by atoms with Crippen LogP contribution in [0, 0.1) is 5.92 Å². The van der Waals surface area contributed by atoms with Gasteiger partial charge in [0.2, 0.25) is 0 Å². The molecule has 0 atom stereocenters. The Kier molecular flexibility index (Phi) is 2.74. The van der Waals surface area contributed by atoms with Gasteiger partial charge in [-0.25, -0.2) is 0 Å². The highest BCUT2D eigenvalue weighted by molar-refractivity contribution is 7.09. The van der Waals surface area contributed by atoms with E-state index in [2.05, 4.69) is 4.98 Å². The number of rotatable bonds is 4. The number of ketones is 1. The smallest absolute Gasteiger partial charge is 0.138 e. The summed E-state index contributed by atoms with van der Waals surface area (Å²) in [6.45, 7) is 0. The number of carbonyl (C=O) groups excluding carboxylic acids is 1. The third kappa shape index (κ3) is 2.37. The van der Waals surface area contributed by atoms with Crippen molar-refractivity contribution < 1.29 is 4.79 Å². The maximum absolute atomic E-state index is 11.5. The van der Waals surface area contributed by atoms with Gasteiger partial charge >= 0.3 is 0 Å². The van der Waals surface area contributed by atoms with Crippen molar-refractivity contribution >= 4 is 17.1 Å². The van der Waals surface area contributed by atoms with Gasteiger partial charge in [0, 0.05) is 23.9 Å². The molecule has 0 spiro atoms. The summed E-state index contributed by atoms with van der Waals surface area (Å²) >= 11 is 1.57. The number of Topliss-reactive ketones (excluding diaryl/α,β-unsaturated/α-hetero) is 1. The van der Waals surface area contributed by atoms with Crippen molar-refractivity contribution in [1.29, 1.82) is 0 Å². The number of thiazole rings is 1. The highest BCUT2D eigenvalue weighted by Crippen LogP contribution is 2.29. The van der Waals surface area contributed by atoms with Gasteiger partial charge < -0.3 is 0 Å². The lowest BCUT2D eigenvalue weighted by molar-refractivity contribution is -0.119. The van der Waals surface area contributed by atoms with Crippen LogP contribution in [0.3, 0.4) is 0 Å². The molecule has 0 radical (unpaired) electrons. The van der Waals surface area contributed by atoms with Crippen LogP contribution in [0.1, 0.15) is 30.6 Å². The molecule has 2 rings (SSSR count). The van der Waals surface area contributed by atoms with Crippen LogP contribution in [0.4, 0.5) is 0 Å². The van der Waals surface area contributed by atoms with E-state index in [1.54, 1.807) is 23.0 Å². The zero-order valence-corrected chi connectivity index (χ0v) is 8.35. The van der Waals surface area contributed by atoms with Crippen molar-refractivity contribution in [3.63, 3.8) is 0 Å². The van der Waals surface area contributed by atoms with Crippen molar-refractivity contribution in [2.45, 2.75) is 32.1 Å². The Morgan fingerprint density at radius 2 is 2.46 bits per heavy atom. The standard InChI is InChI=1S/C10H13NOS/c12-9(4-8-2-1-3-8)5-10-6-11-7-13-10/h6-8H,1-5H2. The van der Waals surface area contributed by atoms with Gasteiger partial charge in [0.05, 0.1) is 5.51 Å². The number of hydrogen-bond donors (Lipinski definition) is 0. The van der Waals surface area contributed by atoms with Gasteiger partial charge in [-0.15, -0.1) is 11.3 Å². The fourth-order valence-corrected chi connectivity index (χ4v) is 2.24. The molecule has 1 saturated carbocycles. The number of hydrogen-bond acceptors (Lipinski definition) is 3. The Hall–Kier alpha value is -0.700. The van der Waals surface area contributed by atoms with E-state index in [9.17, 15) is 4.79 Å². The molecule has 1 heterocycles. The Morgan fingerprint density at radius 3 is 3.00 bits per heavy atom. The zero-order chi connectivity index (χ0) is 9.10. The second-order valence-electron chi connectivity index (χ2n) is 3.68. The maximum Gasteiger partial charge on any atom is 0.138 e. The van der Waals surface area contributed by atoms with E-state index in [1.165, 1.54) is 19.3 Å². The summed E-state index contributed by atoms with van der Waals surface area (Å²) in [6.07, 6.45) is 7.02. The first kappa shape index (κ1) is 8.88. The molecular weight excluding hydrogens is 182 g/mol. The average molecular weight is 195 g/mol. The molecule has 2 nitrogen and oxygen atoms in total. The highest BCUT2D eigenvalue weighted by atomic mass is 32.1. The Morgan fingerprint density at radius 1 is 1.62 bits per heavy atom. The molecule has 70 valence electrons. The van der Waals surface area contributed by atoms with E-state index in [-0.39, 0.29) is 0 Å². The average Bonchev–Trinajstić information content (AvgIpc) is 2.49. The van der Waals surface area contributed by atoms with Crippen LogP contribution in [0.2, 0.25) is 0 Å². The van der Waals surface area contributed by atoms with Crippen molar-refractivity contribution in [2.24, 2.45) is 5.92 Å². The van der Waals surface area contributed by atoms with Crippen LogP contribution < -0.4 is 0 Å². The molecular formula is C10H13NOS. The topological polar surface area (TPSA) is 30.0 Å². The van der Waals surface area contributed by atoms with E-state index in [0.717, 1.165) is 11.3 Å². The lowest BCUT2D eigenvalue weighted by Crippen LogP contribution is -2.16. The maximum atomic E-state index is 11.5. The van der Waals surface area contributed by atoms with E-state index in [0.29, 0.717) is 18.1 Å². The lowest BCUT2D eigenvalue weighted by Gasteiger charge is -2.24. The van der Waals surface area contributed by atoms with Gasteiger partial charge in [0.25, 0.3) is 0 Å². The molecule has 0 amide bonds. The van der Waals surface area contributed by atoms with Gasteiger partial charge in [0.1, 0.15) is 5.78 Å². The molecule has 0 aliphatic heterocycles. The lowest BCUT2D eigenvalue weighted by atomic mass is 9.81. The predicted molar refractivity (Wildman–Crippen MR) is 52.8 cm³/mol. The minimum Gasteiger partial charge on any atom is -0.299 e. The second kappa shape index (κ2) is 4.01. The Balaban J connectivity index is 1.78. The van der Waals surface area contributed by atoms with Crippen molar-refractivity contribution in [3.05, 3.63) is 16.6 Å². The van der Waals surface area contributed by atoms with Crippen LogP contribution in [0.5, 0.6) is 0 Å². The number of carbonyl (C=O) groups is 1. The summed E-state index contributed by atoms with van der Waals surface area (Å²) in [5, 5.41) is 0. The summed E-state index contributed by atoms with van der Waals surface area (Å²) in [5.74, 6) is 1.08. The van der Waals surface area contributed by atoms with Crippen molar-refractivity contribution in [2.75, 3.05) is 0 Å². The summed E-state index contributed by atoms with van der Waals surface area (Å²) in [4.78, 5) is 16.5. The molecule has 0 bridgehead atoms. The fraction of sp³-hybridized carbons (Fsp3) is 0.600. The van der Waals surface area contributed by atoms with Gasteiger partial charge in [-0.1, -0.05) is 19.3 Å². The van der Waals surface area contributed by atoms with E-state index < -0.39 is 0 Å². The first-order chi connectivity index (χ1) is 6.34. The normalized spacial score (nSPS) is 16.9. The van der Waals surface area contributed by atoms with Gasteiger partial charge in [0.15, 0.2) is 0 Å². The van der Waals surface area contributed by atoms with Crippen molar-refractivity contribution in [3.8, 4) is 0 Å². The van der Waals surface area contributed by atoms with Crippen LogP contribution >= 0.6 is 11.3 Å². The first-order valence-electron chi connectivity index (χ1n) is 4.73. The highest BCUT2D eigenvalue weighted by Gasteiger charge is 2.20. The minimum atomic E-state index is 0.383. The summed E-state index contributed by atoms with van der Waals surface area (Å²) in [7, 11) is 0. The molecule has 3 heteroatoms. The zero-order valence-electron chi connectivity index (χ0n) is 7.53. The third-order valence-electron chi connectivity index (χ3n) is 2.60. The molecule has 0 N–H and O–H groups in total. The Bertz CT molecular complexity index is 277. The largest absolute Gasteiger partial charge is 0.299 e. The number of aromatic nitrogens is 1. The molecule has 13 heavy (non-hydrogen) atoms. The van der Waals surface area contributed by atoms with E-state index in [1.807, 2.05) is 0 Å². The molecule has 0 saturated heterocycles. The molecule has 1 fully saturated rings.